The molecular formula is C18H17N5OS. The van der Waals surface area contributed by atoms with E-state index >= 15 is 0 Å². The average Bonchev–Trinajstić information content (AvgIpc) is 3.13. The third-order valence-electron chi connectivity index (χ3n) is 3.95. The van der Waals surface area contributed by atoms with Crippen molar-refractivity contribution in [2.24, 2.45) is 10.2 Å². The van der Waals surface area contributed by atoms with Gasteiger partial charge in [-0.05, 0) is 17.5 Å². The van der Waals surface area contributed by atoms with Gasteiger partial charge in [0.15, 0.2) is 11.5 Å². The van der Waals surface area contributed by atoms with Crippen LogP contribution in [0.5, 0.6) is 5.88 Å². The number of azo groups is 1. The van der Waals surface area contributed by atoms with Gasteiger partial charge in [-0.1, -0.05) is 39.0 Å². The molecule has 6 nitrogen and oxygen atoms in total. The van der Waals surface area contributed by atoms with Crippen molar-refractivity contribution in [1.29, 1.82) is 0 Å². The molecule has 0 fully saturated rings. The summed E-state index contributed by atoms with van der Waals surface area (Å²) in [6.45, 7) is 6.49. The van der Waals surface area contributed by atoms with Gasteiger partial charge in [-0.3, -0.25) is 0 Å². The van der Waals surface area contributed by atoms with E-state index in [4.69, 9.17) is 0 Å². The molecule has 0 unspecified atom stereocenters. The van der Waals surface area contributed by atoms with Crippen LogP contribution in [0.3, 0.4) is 0 Å². The molecule has 0 spiro atoms. The Morgan fingerprint density at radius 1 is 1.08 bits per heavy atom. The number of para-hydroxylation sites is 1. The topological polar surface area (TPSA) is 86.5 Å². The maximum atomic E-state index is 10.1. The van der Waals surface area contributed by atoms with E-state index in [0.717, 1.165) is 21.1 Å². The Morgan fingerprint density at radius 2 is 1.88 bits per heavy atom. The van der Waals surface area contributed by atoms with Crippen LogP contribution in [0.1, 0.15) is 25.6 Å². The fourth-order valence-corrected chi connectivity index (χ4v) is 3.66. The Bertz CT molecular complexity index is 1100. The summed E-state index contributed by atoms with van der Waals surface area (Å²) >= 11 is 1.64. The fourth-order valence-electron chi connectivity index (χ4n) is 2.60. The lowest BCUT2D eigenvalue weighted by Gasteiger charge is -2.14. The molecule has 4 rings (SSSR count). The zero-order chi connectivity index (χ0) is 17.6. The minimum absolute atomic E-state index is 0.00375. The van der Waals surface area contributed by atoms with E-state index in [0.29, 0.717) is 11.5 Å². The second-order valence-electron chi connectivity index (χ2n) is 6.84. The molecule has 0 amide bonds. The van der Waals surface area contributed by atoms with Gasteiger partial charge in [0.05, 0.1) is 10.9 Å². The summed E-state index contributed by atoms with van der Waals surface area (Å²) in [5.41, 5.74) is 1.26. The van der Waals surface area contributed by atoms with Gasteiger partial charge < -0.3 is 10.1 Å². The largest absolute Gasteiger partial charge is 0.493 e. The lowest BCUT2D eigenvalue weighted by Crippen LogP contribution is -2.07. The van der Waals surface area contributed by atoms with Gasteiger partial charge in [0.1, 0.15) is 11.2 Å². The van der Waals surface area contributed by atoms with Crippen molar-refractivity contribution in [2.75, 3.05) is 0 Å². The van der Waals surface area contributed by atoms with Gasteiger partial charge in [-0.15, -0.1) is 21.6 Å². The van der Waals surface area contributed by atoms with Crippen LogP contribution in [0.15, 0.2) is 46.9 Å². The van der Waals surface area contributed by atoms with E-state index in [9.17, 15) is 5.11 Å². The Labute approximate surface area is 148 Å². The van der Waals surface area contributed by atoms with Crippen molar-refractivity contribution in [1.82, 2.24) is 15.0 Å². The summed E-state index contributed by atoms with van der Waals surface area (Å²) in [7, 11) is 0. The van der Waals surface area contributed by atoms with E-state index in [1.165, 1.54) is 11.2 Å². The molecule has 25 heavy (non-hydrogen) atoms. The lowest BCUT2D eigenvalue weighted by molar-refractivity contribution is 0.459. The van der Waals surface area contributed by atoms with Crippen molar-refractivity contribution in [3.63, 3.8) is 0 Å². The van der Waals surface area contributed by atoms with E-state index < -0.39 is 0 Å². The highest BCUT2D eigenvalue weighted by atomic mass is 32.1. The van der Waals surface area contributed by atoms with Crippen LogP contribution >= 0.6 is 11.3 Å². The van der Waals surface area contributed by atoms with Crippen LogP contribution < -0.4 is 0 Å². The number of thiophene rings is 1. The monoisotopic (exact) mass is 351 g/mol. The average molecular weight is 351 g/mol. The summed E-state index contributed by atoms with van der Waals surface area (Å²) in [5.74, 6) is 0.498. The van der Waals surface area contributed by atoms with Crippen molar-refractivity contribution in [2.45, 2.75) is 26.2 Å². The van der Waals surface area contributed by atoms with Crippen LogP contribution in [-0.4, -0.2) is 20.1 Å². The third kappa shape index (κ3) is 2.76. The first-order valence-corrected chi connectivity index (χ1v) is 8.71. The highest BCUT2D eigenvalue weighted by Gasteiger charge is 2.19. The van der Waals surface area contributed by atoms with Crippen LogP contribution in [0.4, 0.5) is 11.5 Å². The van der Waals surface area contributed by atoms with Gasteiger partial charge in [0, 0.05) is 10.3 Å². The number of nitrogens with zero attached hydrogens (tertiary/aromatic N) is 4. The first kappa shape index (κ1) is 15.7. The number of aromatic hydroxyl groups is 1. The van der Waals surface area contributed by atoms with Crippen molar-refractivity contribution >= 4 is 44.0 Å². The standard InChI is InChI=1S/C18H17N5OS/c1-18(2,3)13-8-11-15(19-9-20-17(11)25-13)23-22-14-10-6-4-5-7-12(10)21-16(14)24/h4-9,21,24H,1-3H3. The van der Waals surface area contributed by atoms with E-state index in [1.54, 1.807) is 11.3 Å². The highest BCUT2D eigenvalue weighted by molar-refractivity contribution is 7.18. The van der Waals surface area contributed by atoms with Crippen LogP contribution in [0.2, 0.25) is 0 Å². The van der Waals surface area contributed by atoms with Gasteiger partial charge in [0.25, 0.3) is 0 Å². The molecule has 0 aliphatic heterocycles. The first-order valence-electron chi connectivity index (χ1n) is 7.90. The molecular weight excluding hydrogens is 334 g/mol. The lowest BCUT2D eigenvalue weighted by atomic mass is 9.94. The predicted octanol–water partition coefficient (Wildman–Crippen LogP) is 5.59. The minimum Gasteiger partial charge on any atom is -0.493 e. The quantitative estimate of drug-likeness (QED) is 0.461. The number of hydrogen-bond donors (Lipinski definition) is 2. The normalized spacial score (nSPS) is 12.6. The van der Waals surface area contributed by atoms with Crippen LogP contribution in [0, 0.1) is 0 Å². The van der Waals surface area contributed by atoms with Crippen molar-refractivity contribution in [3.05, 3.63) is 41.5 Å². The Hall–Kier alpha value is -2.80. The minimum atomic E-state index is -0.00375. The van der Waals surface area contributed by atoms with Crippen LogP contribution in [-0.2, 0) is 5.41 Å². The van der Waals surface area contributed by atoms with Crippen molar-refractivity contribution in [3.8, 4) is 5.88 Å². The molecule has 126 valence electrons. The van der Waals surface area contributed by atoms with Gasteiger partial charge >= 0.3 is 0 Å². The number of benzene rings is 1. The Morgan fingerprint density at radius 3 is 2.68 bits per heavy atom. The molecule has 0 atom stereocenters. The molecule has 0 radical (unpaired) electrons. The number of aromatic amines is 1. The molecule has 7 heteroatoms. The molecule has 0 bridgehead atoms. The molecule has 0 aliphatic carbocycles. The van der Waals surface area contributed by atoms with Crippen molar-refractivity contribution < 1.29 is 5.11 Å². The summed E-state index contributed by atoms with van der Waals surface area (Å²) in [4.78, 5) is 13.6. The molecule has 3 aromatic heterocycles. The zero-order valence-electron chi connectivity index (χ0n) is 14.1. The third-order valence-corrected chi connectivity index (χ3v) is 5.42. The number of hydrogen-bond acceptors (Lipinski definition) is 6. The molecule has 0 saturated carbocycles. The summed E-state index contributed by atoms with van der Waals surface area (Å²) < 4.78 is 0. The second-order valence-corrected chi connectivity index (χ2v) is 7.88. The SMILES string of the molecule is CC(C)(C)c1cc2c(N=Nc3c(O)[nH]c4ccccc34)ncnc2s1. The zero-order valence-corrected chi connectivity index (χ0v) is 14.9. The molecule has 0 aliphatic rings. The number of H-pyrrole nitrogens is 1. The fraction of sp³-hybridized carbons (Fsp3) is 0.222. The summed E-state index contributed by atoms with van der Waals surface area (Å²) in [6.07, 6.45) is 1.49. The molecule has 3 heterocycles. The highest BCUT2D eigenvalue weighted by Crippen LogP contribution is 2.39. The Kier molecular flexibility index (Phi) is 3.54. The van der Waals surface area contributed by atoms with E-state index in [-0.39, 0.29) is 11.3 Å². The van der Waals surface area contributed by atoms with E-state index in [1.807, 2.05) is 24.3 Å². The smallest absolute Gasteiger partial charge is 0.218 e. The molecule has 0 saturated heterocycles. The number of aromatic nitrogens is 3. The van der Waals surface area contributed by atoms with Crippen LogP contribution in [0.25, 0.3) is 21.1 Å². The first-order chi connectivity index (χ1) is 11.9. The second kappa shape index (κ2) is 5.63. The number of rotatable bonds is 2. The molecule has 4 aromatic rings. The summed E-state index contributed by atoms with van der Waals surface area (Å²) in [6, 6.07) is 9.63. The maximum absolute atomic E-state index is 10.1. The number of nitrogens with one attached hydrogen (secondary N) is 1. The van der Waals surface area contributed by atoms with E-state index in [2.05, 4.69) is 52.0 Å². The number of fused-ring (bicyclic) bond motifs is 2. The molecule has 1 aromatic carbocycles. The van der Waals surface area contributed by atoms with Gasteiger partial charge in [-0.2, -0.15) is 0 Å². The van der Waals surface area contributed by atoms with Gasteiger partial charge in [-0.25, -0.2) is 9.97 Å². The Balaban J connectivity index is 1.81. The maximum Gasteiger partial charge on any atom is 0.218 e. The van der Waals surface area contributed by atoms with Gasteiger partial charge in [0.2, 0.25) is 5.88 Å². The molecule has 2 N–H and O–H groups in total. The predicted molar refractivity (Wildman–Crippen MR) is 100 cm³/mol. The summed E-state index contributed by atoms with van der Waals surface area (Å²) in [5, 5.41) is 20.3.